The molecule has 1 atom stereocenters. The molecule has 0 unspecified atom stereocenters. The maximum atomic E-state index is 5.57. The van der Waals surface area contributed by atoms with Crippen molar-refractivity contribution in [1.29, 1.82) is 0 Å². The number of thiazole rings is 1. The van der Waals surface area contributed by atoms with Crippen LogP contribution in [0.4, 0.5) is 0 Å². The topological polar surface area (TPSA) is 62.1 Å². The minimum Gasteiger partial charge on any atom is -0.381 e. The molecule has 2 aromatic rings. The molecule has 2 fully saturated rings. The van der Waals surface area contributed by atoms with Crippen molar-refractivity contribution in [3.63, 3.8) is 0 Å². The summed E-state index contributed by atoms with van der Waals surface area (Å²) in [6, 6.07) is 0. The number of ether oxygens (including phenoxy) is 2. The number of aryl methyl sites for hydroxylation is 2. The third-order valence-electron chi connectivity index (χ3n) is 4.73. The molecule has 2 saturated heterocycles. The molecule has 0 N–H and O–H groups in total. The van der Waals surface area contributed by atoms with Gasteiger partial charge in [0.1, 0.15) is 5.82 Å². The van der Waals surface area contributed by atoms with Crippen molar-refractivity contribution >= 4 is 11.3 Å². The third kappa shape index (κ3) is 2.93. The standard InChI is InChI=1S/C16H22N4O2S/c1-10-11(2)23-16(17-10)20-15(13-5-8-22-9-13)18-14(19-20)12-3-6-21-7-4-12/h12-13H,3-9H2,1-2H3/t13-/m0/s1. The van der Waals surface area contributed by atoms with E-state index in [-0.39, 0.29) is 0 Å². The molecule has 0 bridgehead atoms. The number of aromatic nitrogens is 4. The Morgan fingerprint density at radius 2 is 1.74 bits per heavy atom. The van der Waals surface area contributed by atoms with Gasteiger partial charge < -0.3 is 9.47 Å². The van der Waals surface area contributed by atoms with E-state index in [1.807, 2.05) is 11.6 Å². The monoisotopic (exact) mass is 334 g/mol. The number of hydrogen-bond donors (Lipinski definition) is 0. The second-order valence-corrected chi connectivity index (χ2v) is 7.51. The normalized spacial score (nSPS) is 22.8. The minimum atomic E-state index is 0.320. The molecule has 0 aromatic carbocycles. The van der Waals surface area contributed by atoms with Crippen LogP contribution >= 0.6 is 11.3 Å². The van der Waals surface area contributed by atoms with Gasteiger partial charge in [-0.3, -0.25) is 0 Å². The average molecular weight is 334 g/mol. The average Bonchev–Trinajstić information content (AvgIpc) is 3.28. The van der Waals surface area contributed by atoms with E-state index in [0.29, 0.717) is 11.8 Å². The zero-order chi connectivity index (χ0) is 15.8. The first kappa shape index (κ1) is 15.2. The van der Waals surface area contributed by atoms with E-state index in [4.69, 9.17) is 19.6 Å². The van der Waals surface area contributed by atoms with E-state index in [1.165, 1.54) is 4.88 Å². The van der Waals surface area contributed by atoms with Crippen molar-refractivity contribution in [3.8, 4) is 5.13 Å². The molecular weight excluding hydrogens is 312 g/mol. The fraction of sp³-hybridized carbons (Fsp3) is 0.688. The van der Waals surface area contributed by atoms with Gasteiger partial charge in [-0.15, -0.1) is 5.10 Å². The van der Waals surface area contributed by atoms with Crippen LogP contribution in [0.25, 0.3) is 5.13 Å². The van der Waals surface area contributed by atoms with Crippen molar-refractivity contribution in [2.45, 2.75) is 44.9 Å². The van der Waals surface area contributed by atoms with Gasteiger partial charge in [0.2, 0.25) is 5.13 Å². The van der Waals surface area contributed by atoms with Crippen LogP contribution in [0.5, 0.6) is 0 Å². The van der Waals surface area contributed by atoms with E-state index in [2.05, 4.69) is 11.9 Å². The Bertz CT molecular complexity index is 665. The maximum Gasteiger partial charge on any atom is 0.212 e. The molecule has 6 nitrogen and oxygen atoms in total. The highest BCUT2D eigenvalue weighted by Crippen LogP contribution is 2.31. The van der Waals surface area contributed by atoms with Crippen molar-refractivity contribution in [3.05, 3.63) is 22.2 Å². The Hall–Kier alpha value is -1.31. The molecule has 0 amide bonds. The molecule has 0 aliphatic carbocycles. The summed E-state index contributed by atoms with van der Waals surface area (Å²) >= 11 is 1.68. The van der Waals surface area contributed by atoms with Crippen LogP contribution in [0.2, 0.25) is 0 Å². The van der Waals surface area contributed by atoms with E-state index >= 15 is 0 Å². The summed E-state index contributed by atoms with van der Waals surface area (Å²) in [6.45, 7) is 7.29. The molecule has 2 aliphatic heterocycles. The predicted octanol–water partition coefficient (Wildman–Crippen LogP) is 2.74. The number of hydrogen-bond acceptors (Lipinski definition) is 6. The van der Waals surface area contributed by atoms with E-state index in [0.717, 1.165) is 68.2 Å². The van der Waals surface area contributed by atoms with Gasteiger partial charge in [-0.2, -0.15) is 4.68 Å². The summed E-state index contributed by atoms with van der Waals surface area (Å²) in [6.07, 6.45) is 3.01. The van der Waals surface area contributed by atoms with Crippen molar-refractivity contribution in [2.75, 3.05) is 26.4 Å². The second-order valence-electron chi connectivity index (χ2n) is 6.33. The molecule has 2 aliphatic rings. The first-order valence-corrected chi connectivity index (χ1v) is 9.11. The van der Waals surface area contributed by atoms with E-state index in [1.54, 1.807) is 11.3 Å². The fourth-order valence-electron chi connectivity index (χ4n) is 3.16. The number of nitrogens with zero attached hydrogens (tertiary/aromatic N) is 4. The highest BCUT2D eigenvalue weighted by molar-refractivity contribution is 7.14. The minimum absolute atomic E-state index is 0.320. The zero-order valence-corrected chi connectivity index (χ0v) is 14.4. The van der Waals surface area contributed by atoms with Gasteiger partial charge in [0.15, 0.2) is 5.82 Å². The summed E-state index contributed by atoms with van der Waals surface area (Å²) in [5.74, 6) is 2.67. The van der Waals surface area contributed by atoms with Gasteiger partial charge in [-0.05, 0) is 33.1 Å². The molecule has 4 heterocycles. The van der Waals surface area contributed by atoms with Gasteiger partial charge in [-0.25, -0.2) is 9.97 Å². The lowest BCUT2D eigenvalue weighted by molar-refractivity contribution is 0.0836. The van der Waals surface area contributed by atoms with Crippen LogP contribution in [-0.4, -0.2) is 46.2 Å². The molecule has 23 heavy (non-hydrogen) atoms. The fourth-order valence-corrected chi connectivity index (χ4v) is 4.03. The van der Waals surface area contributed by atoms with Crippen LogP contribution in [0.15, 0.2) is 0 Å². The Morgan fingerprint density at radius 1 is 1.00 bits per heavy atom. The van der Waals surface area contributed by atoms with Gasteiger partial charge in [-0.1, -0.05) is 11.3 Å². The first-order valence-electron chi connectivity index (χ1n) is 8.29. The van der Waals surface area contributed by atoms with E-state index < -0.39 is 0 Å². The van der Waals surface area contributed by atoms with Gasteiger partial charge in [0.05, 0.1) is 12.3 Å². The molecule has 7 heteroatoms. The van der Waals surface area contributed by atoms with Crippen LogP contribution in [-0.2, 0) is 9.47 Å². The molecule has 0 saturated carbocycles. The van der Waals surface area contributed by atoms with Crippen LogP contribution in [0, 0.1) is 13.8 Å². The summed E-state index contributed by atoms with van der Waals surface area (Å²) in [4.78, 5) is 10.8. The smallest absolute Gasteiger partial charge is 0.212 e. The maximum absolute atomic E-state index is 5.57. The van der Waals surface area contributed by atoms with Gasteiger partial charge >= 0.3 is 0 Å². The van der Waals surface area contributed by atoms with Crippen molar-refractivity contribution < 1.29 is 9.47 Å². The molecule has 2 aromatic heterocycles. The van der Waals surface area contributed by atoms with Crippen LogP contribution in [0.3, 0.4) is 0 Å². The van der Waals surface area contributed by atoms with Crippen LogP contribution in [0.1, 0.15) is 53.3 Å². The molecule has 124 valence electrons. The first-order chi connectivity index (χ1) is 11.2. The largest absolute Gasteiger partial charge is 0.381 e. The quantitative estimate of drug-likeness (QED) is 0.864. The van der Waals surface area contributed by atoms with Crippen molar-refractivity contribution in [1.82, 2.24) is 19.7 Å². The lowest BCUT2D eigenvalue weighted by Crippen LogP contribution is -2.15. The van der Waals surface area contributed by atoms with Crippen LogP contribution < -0.4 is 0 Å². The summed E-state index contributed by atoms with van der Waals surface area (Å²) in [7, 11) is 0. The Balaban J connectivity index is 1.73. The summed E-state index contributed by atoms with van der Waals surface area (Å²) < 4.78 is 13.0. The third-order valence-corrected chi connectivity index (χ3v) is 5.78. The zero-order valence-electron chi connectivity index (χ0n) is 13.6. The Kier molecular flexibility index (Phi) is 4.17. The lowest BCUT2D eigenvalue weighted by atomic mass is 10.00. The highest BCUT2D eigenvalue weighted by atomic mass is 32.1. The Labute approximate surface area is 139 Å². The molecule has 0 radical (unpaired) electrons. The second kappa shape index (κ2) is 6.30. The molecule has 0 spiro atoms. The highest BCUT2D eigenvalue weighted by Gasteiger charge is 2.29. The summed E-state index contributed by atoms with van der Waals surface area (Å²) in [5, 5.41) is 5.77. The van der Waals surface area contributed by atoms with Gasteiger partial charge in [0.25, 0.3) is 0 Å². The van der Waals surface area contributed by atoms with Crippen molar-refractivity contribution in [2.24, 2.45) is 0 Å². The molecule has 4 rings (SSSR count). The summed E-state index contributed by atoms with van der Waals surface area (Å²) in [5.41, 5.74) is 1.07. The number of rotatable bonds is 3. The van der Waals surface area contributed by atoms with E-state index in [9.17, 15) is 0 Å². The van der Waals surface area contributed by atoms with Gasteiger partial charge in [0, 0.05) is 36.5 Å². The molecular formula is C16H22N4O2S. The predicted molar refractivity (Wildman–Crippen MR) is 87.5 cm³/mol. The lowest BCUT2D eigenvalue weighted by Gasteiger charge is -2.18. The SMILES string of the molecule is Cc1nc(-n2nc(C3CCOCC3)nc2[C@H]2CCOC2)sc1C. The Morgan fingerprint density at radius 3 is 2.39 bits per heavy atom.